The Bertz CT molecular complexity index is 1000. The number of rotatable bonds is 2. The summed E-state index contributed by atoms with van der Waals surface area (Å²) in [6, 6.07) is 8.35. The molecule has 2 bridgehead atoms. The van der Waals surface area contributed by atoms with Crippen molar-refractivity contribution in [2.45, 2.75) is 57.2 Å². The molecule has 1 atom stereocenters. The molecule has 29 heavy (non-hydrogen) atoms. The standard InChI is InChI=1S/C24H23N3O2/c25-13-16-2-1-3-17(10-16)18-4-5-22-20(11-18)21(27-15-26)12-23(29-22)24-8-6-19(7-9-24)28-14-24/h3-5,10-11,19,23H,1-2,6-9,12,14H2. The Morgan fingerprint density at radius 2 is 2.03 bits per heavy atom. The van der Waals surface area contributed by atoms with Crippen molar-refractivity contribution in [1.29, 1.82) is 10.5 Å². The van der Waals surface area contributed by atoms with Crippen LogP contribution in [0.15, 0.2) is 40.9 Å². The number of nitrogens with zero attached hydrogens (tertiary/aromatic N) is 3. The van der Waals surface area contributed by atoms with Crippen LogP contribution in [0.4, 0.5) is 0 Å². The van der Waals surface area contributed by atoms with Gasteiger partial charge in [0.05, 0.1) is 24.5 Å². The normalized spacial score (nSPS) is 31.7. The van der Waals surface area contributed by atoms with E-state index in [1.165, 1.54) is 0 Å². The largest absolute Gasteiger partial charge is 0.489 e. The molecule has 5 aliphatic rings. The average Bonchev–Trinajstić information content (AvgIpc) is 2.80. The van der Waals surface area contributed by atoms with Gasteiger partial charge >= 0.3 is 0 Å². The van der Waals surface area contributed by atoms with Gasteiger partial charge in [0.15, 0.2) is 0 Å². The number of fused-ring (bicyclic) bond motifs is 4. The Labute approximate surface area is 171 Å². The van der Waals surface area contributed by atoms with Crippen LogP contribution in [-0.4, -0.2) is 24.5 Å². The fourth-order valence-corrected chi connectivity index (χ4v) is 5.19. The first-order valence-electron chi connectivity index (χ1n) is 10.4. The van der Waals surface area contributed by atoms with Gasteiger partial charge in [0.2, 0.25) is 6.19 Å². The molecule has 0 radical (unpaired) electrons. The molecule has 0 aromatic heterocycles. The molecule has 0 spiro atoms. The minimum atomic E-state index is -0.00631. The number of ether oxygens (including phenoxy) is 2. The van der Waals surface area contributed by atoms with Crippen LogP contribution in [0.1, 0.15) is 56.1 Å². The van der Waals surface area contributed by atoms with E-state index in [9.17, 15) is 10.5 Å². The number of aliphatic imine (C=N–C) groups is 1. The van der Waals surface area contributed by atoms with Crippen LogP contribution in [-0.2, 0) is 4.74 Å². The third-order valence-electron chi connectivity index (χ3n) is 6.93. The van der Waals surface area contributed by atoms with Crippen LogP contribution in [0, 0.1) is 28.2 Å². The van der Waals surface area contributed by atoms with Crippen molar-refractivity contribution in [3.63, 3.8) is 0 Å². The molecular formula is C24H23N3O2. The third kappa shape index (κ3) is 3.16. The van der Waals surface area contributed by atoms with Crippen LogP contribution in [0.3, 0.4) is 0 Å². The molecule has 1 saturated carbocycles. The van der Waals surface area contributed by atoms with E-state index in [-0.39, 0.29) is 11.5 Å². The van der Waals surface area contributed by atoms with E-state index in [0.717, 1.165) is 78.9 Å². The lowest BCUT2D eigenvalue weighted by Gasteiger charge is -2.51. The molecule has 1 unspecified atom stereocenters. The number of nitriles is 2. The SMILES string of the molecule is N#CN=C1CC(C23CCC(CC2)OC3)Oc2ccc(C3=CCCC(C#N)=C3)cc21. The number of benzene rings is 1. The third-order valence-corrected chi connectivity index (χ3v) is 6.93. The maximum Gasteiger partial charge on any atom is 0.205 e. The quantitative estimate of drug-likeness (QED) is 0.692. The zero-order valence-corrected chi connectivity index (χ0v) is 16.4. The van der Waals surface area contributed by atoms with E-state index in [1.807, 2.05) is 24.4 Å². The number of allylic oxidation sites excluding steroid dienone is 4. The molecule has 3 aliphatic heterocycles. The minimum Gasteiger partial charge on any atom is -0.489 e. The summed E-state index contributed by atoms with van der Waals surface area (Å²) in [6.45, 7) is 0.740. The highest BCUT2D eigenvalue weighted by Gasteiger charge is 2.49. The molecule has 0 N–H and O–H groups in total. The zero-order valence-electron chi connectivity index (χ0n) is 16.4. The Hall–Kier alpha value is -2.89. The summed E-state index contributed by atoms with van der Waals surface area (Å²) < 4.78 is 12.5. The molecule has 5 nitrogen and oxygen atoms in total. The average molecular weight is 385 g/mol. The first kappa shape index (κ1) is 18.2. The Morgan fingerprint density at radius 1 is 1.17 bits per heavy atom. The summed E-state index contributed by atoms with van der Waals surface area (Å²) >= 11 is 0. The second kappa shape index (κ2) is 7.17. The summed E-state index contributed by atoms with van der Waals surface area (Å²) in [4.78, 5) is 4.18. The van der Waals surface area contributed by atoms with Crippen LogP contribution in [0.25, 0.3) is 5.57 Å². The van der Waals surface area contributed by atoms with Gasteiger partial charge in [-0.15, -0.1) is 0 Å². The molecular weight excluding hydrogens is 362 g/mol. The molecule has 1 aromatic carbocycles. The van der Waals surface area contributed by atoms with Crippen molar-refractivity contribution in [1.82, 2.24) is 0 Å². The summed E-state index contributed by atoms with van der Waals surface area (Å²) in [5, 5.41) is 18.5. The first-order valence-corrected chi connectivity index (χ1v) is 10.4. The predicted molar refractivity (Wildman–Crippen MR) is 109 cm³/mol. The van der Waals surface area contributed by atoms with Gasteiger partial charge in [-0.2, -0.15) is 15.5 Å². The van der Waals surface area contributed by atoms with Crippen LogP contribution < -0.4 is 4.74 Å². The molecule has 146 valence electrons. The first-order chi connectivity index (χ1) is 14.2. The maximum atomic E-state index is 9.29. The van der Waals surface area contributed by atoms with Gasteiger partial charge in [0.1, 0.15) is 11.9 Å². The van der Waals surface area contributed by atoms with Gasteiger partial charge in [-0.1, -0.05) is 12.1 Å². The molecule has 5 heteroatoms. The lowest BCUT2D eigenvalue weighted by molar-refractivity contribution is -0.152. The fourth-order valence-electron chi connectivity index (χ4n) is 5.19. The minimum absolute atomic E-state index is 0.00631. The summed E-state index contributed by atoms with van der Waals surface area (Å²) in [5.74, 6) is 0.793. The maximum absolute atomic E-state index is 9.29. The summed E-state index contributed by atoms with van der Waals surface area (Å²) in [7, 11) is 0. The second-order valence-corrected chi connectivity index (χ2v) is 8.53. The second-order valence-electron chi connectivity index (χ2n) is 8.53. The van der Waals surface area contributed by atoms with Crippen molar-refractivity contribution in [2.75, 3.05) is 6.61 Å². The van der Waals surface area contributed by atoms with Crippen molar-refractivity contribution in [3.8, 4) is 18.0 Å². The van der Waals surface area contributed by atoms with Crippen molar-refractivity contribution >= 4 is 11.3 Å². The predicted octanol–water partition coefficient (Wildman–Crippen LogP) is 4.69. The number of hydrogen-bond donors (Lipinski definition) is 0. The molecule has 6 rings (SSSR count). The highest BCUT2D eigenvalue weighted by Crippen LogP contribution is 2.49. The molecule has 3 fully saturated rings. The summed E-state index contributed by atoms with van der Waals surface area (Å²) in [6.07, 6.45) is 13.2. The highest BCUT2D eigenvalue weighted by atomic mass is 16.5. The van der Waals surface area contributed by atoms with E-state index in [1.54, 1.807) is 0 Å². The van der Waals surface area contributed by atoms with Crippen molar-refractivity contribution in [2.24, 2.45) is 10.4 Å². The molecule has 3 heterocycles. The lowest BCUT2D eigenvalue weighted by atomic mass is 9.66. The Morgan fingerprint density at radius 3 is 2.76 bits per heavy atom. The zero-order chi connectivity index (χ0) is 19.8. The van der Waals surface area contributed by atoms with E-state index in [2.05, 4.69) is 23.2 Å². The van der Waals surface area contributed by atoms with E-state index < -0.39 is 0 Å². The van der Waals surface area contributed by atoms with Gasteiger partial charge in [-0.25, -0.2) is 0 Å². The topological polar surface area (TPSA) is 78.4 Å². The van der Waals surface area contributed by atoms with Gasteiger partial charge in [-0.05, 0) is 67.9 Å². The lowest BCUT2D eigenvalue weighted by Crippen LogP contribution is -2.53. The van der Waals surface area contributed by atoms with E-state index in [0.29, 0.717) is 12.5 Å². The van der Waals surface area contributed by atoms with Crippen LogP contribution in [0.5, 0.6) is 5.75 Å². The van der Waals surface area contributed by atoms with E-state index >= 15 is 0 Å². The van der Waals surface area contributed by atoms with Crippen LogP contribution >= 0.6 is 0 Å². The highest BCUT2D eigenvalue weighted by molar-refractivity contribution is 6.05. The fraction of sp³-hybridized carbons (Fsp3) is 0.458. The molecule has 2 saturated heterocycles. The Balaban J connectivity index is 1.50. The number of hydrogen-bond acceptors (Lipinski definition) is 5. The Kier molecular flexibility index (Phi) is 4.49. The van der Waals surface area contributed by atoms with Crippen molar-refractivity contribution in [3.05, 3.63) is 47.1 Å². The molecule has 1 aromatic rings. The van der Waals surface area contributed by atoms with Gasteiger partial charge in [0, 0.05) is 23.0 Å². The van der Waals surface area contributed by atoms with E-state index in [4.69, 9.17) is 9.47 Å². The van der Waals surface area contributed by atoms with Gasteiger partial charge in [0.25, 0.3) is 0 Å². The van der Waals surface area contributed by atoms with Gasteiger partial charge in [-0.3, -0.25) is 0 Å². The summed E-state index contributed by atoms with van der Waals surface area (Å²) in [5.41, 5.74) is 4.59. The molecule has 0 amide bonds. The monoisotopic (exact) mass is 385 g/mol. The van der Waals surface area contributed by atoms with Gasteiger partial charge < -0.3 is 9.47 Å². The molecule has 2 aliphatic carbocycles. The smallest absolute Gasteiger partial charge is 0.205 e. The van der Waals surface area contributed by atoms with Crippen LogP contribution in [0.2, 0.25) is 0 Å². The van der Waals surface area contributed by atoms with Crippen molar-refractivity contribution < 1.29 is 9.47 Å².